The van der Waals surface area contributed by atoms with E-state index in [1.807, 2.05) is 53.3 Å². The summed E-state index contributed by atoms with van der Waals surface area (Å²) in [6.07, 6.45) is 1.92. The summed E-state index contributed by atoms with van der Waals surface area (Å²) in [6.45, 7) is 4.25. The molecule has 0 amide bonds. The van der Waals surface area contributed by atoms with Gasteiger partial charge < -0.3 is 0 Å². The predicted molar refractivity (Wildman–Crippen MR) is 116 cm³/mol. The van der Waals surface area contributed by atoms with Gasteiger partial charge in [-0.3, -0.25) is 4.98 Å². The second-order valence-corrected chi connectivity index (χ2v) is 7.51. The van der Waals surface area contributed by atoms with Crippen LogP contribution in [0, 0.1) is 13.8 Å². The normalized spacial score (nSPS) is 11.4. The van der Waals surface area contributed by atoms with Crippen molar-refractivity contribution in [1.82, 2.24) is 14.8 Å². The molecule has 5 rings (SSSR count). The lowest BCUT2D eigenvalue weighted by Gasteiger charge is -2.08. The van der Waals surface area contributed by atoms with E-state index in [0.29, 0.717) is 5.02 Å². The lowest BCUT2D eigenvalue weighted by atomic mass is 10.1. The molecule has 0 atom stereocenters. The van der Waals surface area contributed by atoms with Gasteiger partial charge in [0, 0.05) is 27.6 Å². The Bertz CT molecular complexity index is 1330. The van der Waals surface area contributed by atoms with Crippen LogP contribution in [0.5, 0.6) is 0 Å². The van der Waals surface area contributed by atoms with Crippen LogP contribution >= 0.6 is 11.6 Å². The minimum Gasteiger partial charge on any atom is -0.255 e. The highest BCUT2D eigenvalue weighted by Crippen LogP contribution is 2.34. The van der Waals surface area contributed by atoms with Crippen molar-refractivity contribution >= 4 is 33.4 Å². The third-order valence-electron chi connectivity index (χ3n) is 5.27. The van der Waals surface area contributed by atoms with Gasteiger partial charge in [0.15, 0.2) is 0 Å². The molecule has 3 nitrogen and oxygen atoms in total. The number of benzene rings is 3. The first-order chi connectivity index (χ1) is 13.6. The summed E-state index contributed by atoms with van der Waals surface area (Å²) in [6, 6.07) is 22.4. The van der Waals surface area contributed by atoms with E-state index in [2.05, 4.69) is 43.1 Å². The number of hydrogen-bond donors (Lipinski definition) is 0. The first kappa shape index (κ1) is 17.0. The molecule has 28 heavy (non-hydrogen) atoms. The van der Waals surface area contributed by atoms with E-state index < -0.39 is 0 Å². The fourth-order valence-corrected chi connectivity index (χ4v) is 3.72. The van der Waals surface area contributed by atoms with Crippen LogP contribution in [0.15, 0.2) is 72.9 Å². The molecular weight excluding hydrogens is 366 g/mol. The number of fused-ring (bicyclic) bond motifs is 3. The van der Waals surface area contributed by atoms with Gasteiger partial charge in [-0.05, 0) is 55.3 Å². The molecule has 0 aliphatic carbocycles. The number of rotatable bonds is 2. The highest BCUT2D eigenvalue weighted by Gasteiger charge is 2.17. The van der Waals surface area contributed by atoms with Crippen LogP contribution in [0.25, 0.3) is 38.8 Å². The highest BCUT2D eigenvalue weighted by molar-refractivity contribution is 6.30. The first-order valence-electron chi connectivity index (χ1n) is 9.22. The molecule has 0 saturated heterocycles. The van der Waals surface area contributed by atoms with Gasteiger partial charge >= 0.3 is 0 Å². The van der Waals surface area contributed by atoms with Gasteiger partial charge in [-0.15, -0.1) is 0 Å². The Kier molecular flexibility index (Phi) is 3.92. The van der Waals surface area contributed by atoms with Crippen molar-refractivity contribution in [3.63, 3.8) is 0 Å². The van der Waals surface area contributed by atoms with Crippen molar-refractivity contribution < 1.29 is 0 Å². The van der Waals surface area contributed by atoms with Crippen LogP contribution in [-0.4, -0.2) is 14.8 Å². The molecule has 3 aromatic carbocycles. The molecule has 136 valence electrons. The topological polar surface area (TPSA) is 30.7 Å². The molecule has 0 saturated carbocycles. The zero-order valence-corrected chi connectivity index (χ0v) is 16.4. The molecule has 0 fully saturated rings. The minimum atomic E-state index is 0.713. The van der Waals surface area contributed by atoms with Crippen molar-refractivity contribution in [2.24, 2.45) is 0 Å². The number of pyridine rings is 1. The number of hydrogen-bond acceptors (Lipinski definition) is 2. The quantitative estimate of drug-likeness (QED) is 0.348. The molecule has 2 aromatic heterocycles. The Labute approximate surface area is 168 Å². The SMILES string of the molecule is Cc1ccc(-n2nc(-c3ccc(Cl)cc3)c3cnc4ccccc4c32)cc1C. The van der Waals surface area contributed by atoms with Crippen LogP contribution in [-0.2, 0) is 0 Å². The van der Waals surface area contributed by atoms with Crippen molar-refractivity contribution in [1.29, 1.82) is 0 Å². The molecule has 5 aromatic rings. The molecule has 0 radical (unpaired) electrons. The number of aromatic nitrogens is 3. The average molecular weight is 384 g/mol. The van der Waals surface area contributed by atoms with Gasteiger partial charge in [0.05, 0.1) is 16.7 Å². The van der Waals surface area contributed by atoms with Crippen LogP contribution in [0.1, 0.15) is 11.1 Å². The smallest absolute Gasteiger partial charge is 0.102 e. The number of nitrogens with zero attached hydrogens (tertiary/aromatic N) is 3. The fraction of sp³-hybridized carbons (Fsp3) is 0.0833. The summed E-state index contributed by atoms with van der Waals surface area (Å²) in [5.41, 5.74) is 7.51. The van der Waals surface area contributed by atoms with Gasteiger partial charge in [-0.25, -0.2) is 4.68 Å². The summed E-state index contributed by atoms with van der Waals surface area (Å²) < 4.78 is 2.04. The molecule has 0 spiro atoms. The zero-order valence-electron chi connectivity index (χ0n) is 15.6. The van der Waals surface area contributed by atoms with E-state index >= 15 is 0 Å². The summed E-state index contributed by atoms with van der Waals surface area (Å²) in [5, 5.41) is 7.84. The monoisotopic (exact) mass is 383 g/mol. The average Bonchev–Trinajstić information content (AvgIpc) is 3.11. The summed E-state index contributed by atoms with van der Waals surface area (Å²) >= 11 is 6.09. The molecule has 0 aliphatic rings. The van der Waals surface area contributed by atoms with E-state index in [4.69, 9.17) is 16.7 Å². The van der Waals surface area contributed by atoms with Gasteiger partial charge in [-0.2, -0.15) is 5.10 Å². The Morgan fingerprint density at radius 2 is 1.61 bits per heavy atom. The lowest BCUT2D eigenvalue weighted by Crippen LogP contribution is -1.98. The zero-order chi connectivity index (χ0) is 19.3. The molecule has 0 N–H and O–H groups in total. The molecule has 4 heteroatoms. The van der Waals surface area contributed by atoms with Crippen LogP contribution in [0.4, 0.5) is 0 Å². The lowest BCUT2D eigenvalue weighted by molar-refractivity contribution is 0.915. The van der Waals surface area contributed by atoms with Crippen molar-refractivity contribution in [2.75, 3.05) is 0 Å². The minimum absolute atomic E-state index is 0.713. The third-order valence-corrected chi connectivity index (χ3v) is 5.52. The van der Waals surface area contributed by atoms with E-state index in [-0.39, 0.29) is 0 Å². The van der Waals surface area contributed by atoms with Crippen LogP contribution in [0.3, 0.4) is 0 Å². The van der Waals surface area contributed by atoms with Gasteiger partial charge in [-0.1, -0.05) is 48.0 Å². The van der Waals surface area contributed by atoms with Crippen molar-refractivity contribution in [3.05, 3.63) is 89.1 Å². The third kappa shape index (κ3) is 2.67. The molecule has 0 aliphatic heterocycles. The van der Waals surface area contributed by atoms with Crippen LogP contribution in [0.2, 0.25) is 5.02 Å². The van der Waals surface area contributed by atoms with E-state index in [9.17, 15) is 0 Å². The Balaban J connectivity index is 1.89. The highest BCUT2D eigenvalue weighted by atomic mass is 35.5. The predicted octanol–water partition coefficient (Wildman–Crippen LogP) is 6.51. The van der Waals surface area contributed by atoms with E-state index in [1.54, 1.807) is 0 Å². The first-order valence-corrected chi connectivity index (χ1v) is 9.59. The largest absolute Gasteiger partial charge is 0.255 e. The summed E-state index contributed by atoms with van der Waals surface area (Å²) in [7, 11) is 0. The van der Waals surface area contributed by atoms with Crippen molar-refractivity contribution in [3.8, 4) is 16.9 Å². The fourth-order valence-electron chi connectivity index (χ4n) is 3.60. The molecular formula is C24H18ClN3. The summed E-state index contributed by atoms with van der Waals surface area (Å²) in [4.78, 5) is 4.67. The number of para-hydroxylation sites is 1. The Hall–Kier alpha value is -3.17. The van der Waals surface area contributed by atoms with Gasteiger partial charge in [0.25, 0.3) is 0 Å². The number of halogens is 1. The molecule has 0 unspecified atom stereocenters. The Morgan fingerprint density at radius 1 is 0.821 bits per heavy atom. The van der Waals surface area contributed by atoms with E-state index in [0.717, 1.165) is 38.8 Å². The maximum atomic E-state index is 6.09. The maximum absolute atomic E-state index is 6.09. The number of aryl methyl sites for hydroxylation is 2. The van der Waals surface area contributed by atoms with E-state index in [1.165, 1.54) is 11.1 Å². The van der Waals surface area contributed by atoms with Gasteiger partial charge in [0.1, 0.15) is 5.69 Å². The van der Waals surface area contributed by atoms with Crippen molar-refractivity contribution in [2.45, 2.75) is 13.8 Å². The Morgan fingerprint density at radius 3 is 2.39 bits per heavy atom. The standard InChI is InChI=1S/C24H18ClN3/c1-15-7-12-19(13-16(15)2)28-24-20-5-3-4-6-22(20)26-14-21(24)23(27-28)17-8-10-18(25)11-9-17/h3-14H,1-2H3. The molecule has 2 heterocycles. The molecule has 0 bridgehead atoms. The summed E-state index contributed by atoms with van der Waals surface area (Å²) in [5.74, 6) is 0. The second kappa shape index (κ2) is 6.47. The van der Waals surface area contributed by atoms with Gasteiger partial charge in [0.2, 0.25) is 0 Å². The van der Waals surface area contributed by atoms with Crippen LogP contribution < -0.4 is 0 Å². The maximum Gasteiger partial charge on any atom is 0.102 e. The second-order valence-electron chi connectivity index (χ2n) is 7.07.